The molecule has 0 aliphatic carbocycles. The molecule has 48 heteroatoms. The first-order valence-corrected chi connectivity index (χ1v) is 42.1. The lowest BCUT2D eigenvalue weighted by molar-refractivity contribution is -0.305. The Morgan fingerprint density at radius 2 is 0.601 bits per heavy atom. The normalized spacial score (nSPS) is 31.7. The van der Waals surface area contributed by atoms with E-state index < -0.39 is 318 Å². The summed E-state index contributed by atoms with van der Waals surface area (Å²) in [5.41, 5.74) is 0.657. The maximum absolute atomic E-state index is 13.4. The third kappa shape index (κ3) is 25.3. The Morgan fingerprint density at radius 1 is 0.319 bits per heavy atom. The van der Waals surface area contributed by atoms with Gasteiger partial charge in [0.05, 0.1) is 30.6 Å². The molecule has 23 N–H and O–H groups in total. The molecule has 138 heavy (non-hydrogen) atoms. The van der Waals surface area contributed by atoms with E-state index in [-0.39, 0.29) is 33.9 Å². The van der Waals surface area contributed by atoms with Crippen molar-refractivity contribution in [1.82, 2.24) is 0 Å². The molecular weight excluding hydrogens is 1850 g/mol. The van der Waals surface area contributed by atoms with E-state index in [1.807, 2.05) is 0 Å². The number of aliphatic carboxylic acids is 1. The van der Waals surface area contributed by atoms with Gasteiger partial charge in [0, 0.05) is 48.6 Å². The number of hydrogen-bond donors (Lipinski definition) is 23. The maximum Gasteiger partial charge on any atom is 0.402 e. The third-order valence-electron chi connectivity index (χ3n) is 22.2. The number of carbonyl (C=O) groups excluding carboxylic acids is 6. The number of hydrogen-bond acceptors (Lipinski definition) is 47. The Morgan fingerprint density at radius 3 is 0.913 bits per heavy atom. The van der Waals surface area contributed by atoms with E-state index >= 15 is 0 Å². The van der Waals surface area contributed by atoms with Gasteiger partial charge < -0.3 is 208 Å². The van der Waals surface area contributed by atoms with E-state index in [1.165, 1.54) is 121 Å². The monoisotopic (exact) mass is 1940 g/mol. The summed E-state index contributed by atoms with van der Waals surface area (Å²) < 4.78 is 102. The van der Waals surface area contributed by atoms with Gasteiger partial charge >= 0.3 is 41.2 Å². The Hall–Kier alpha value is -12.5. The minimum Gasteiger partial charge on any atom is -0.550 e. The van der Waals surface area contributed by atoms with Crippen molar-refractivity contribution in [1.29, 1.82) is 0 Å². The minimum absolute atomic E-state index is 0.00172. The molecule has 6 saturated heterocycles. The highest BCUT2D eigenvalue weighted by atomic mass is 16.8. The van der Waals surface area contributed by atoms with E-state index in [4.69, 9.17) is 84.9 Å². The van der Waals surface area contributed by atoms with Crippen LogP contribution in [-0.2, 0) is 80.9 Å². The molecule has 6 fully saturated rings. The topological polar surface area (TPSA) is 759 Å². The van der Waals surface area contributed by atoms with Crippen LogP contribution in [0.2, 0.25) is 0 Å². The van der Waals surface area contributed by atoms with E-state index in [1.54, 1.807) is 0 Å². The van der Waals surface area contributed by atoms with Gasteiger partial charge in [-0.1, -0.05) is 48.5 Å². The van der Waals surface area contributed by atoms with Gasteiger partial charge in [-0.15, -0.1) is 0 Å². The molecule has 7 aromatic rings. The molecule has 0 unspecified atom stereocenters. The van der Waals surface area contributed by atoms with Crippen LogP contribution in [0.15, 0.2) is 156 Å². The summed E-state index contributed by atoms with van der Waals surface area (Å²) in [4.78, 5) is 75.4. The highest BCUT2D eigenvalue weighted by Gasteiger charge is 2.53. The standard InChI is InChI=1S/C90H96O48/c91-31-53-66(103)72(109)78(115)85(133-53)126-44-15-3-38(4-16-44)10-22-61(98)122-33-55-68(105)74(111)80(117)87(135-55)128-46-19-7-40(8-20-46)12-24-63(100)124-35-57-70(107)76(113)82(119)89(137-57)131-51-26-41(84-52(29-47-48(94)27-43(93)28-49(47)129-84)132-90-83(120)77(114)71(108)58(138-90)36-125-64(101)30-59(95)96)25-50(65(51)102)130-88-81(118)75(112)69(106)56(136-88)34-123-62(99)23-11-39-5-17-45(18-6-39)127-86-79(116)73(110)67(104)54(134-86)32-121-60(97)21-9-37-1-13-42(92)14-2-37/h1-29,53-58,66-83,85-91,103-120H,30-36H2,(H4-,92,93,94,95,96,97,102)/b22-10+,23-11+,24-12+/t53-,54-,55-,56-,57-,58-,66-,67-,68-,69-,70-,71-,72+,73+,74+,75+,76+,77+,78-,79-,80-,81-,82-,83-,85-,86-,87-,88-,89-,90-/m1/s1. The van der Waals surface area contributed by atoms with Gasteiger partial charge in [-0.05, 0) is 95.1 Å². The zero-order valence-corrected chi connectivity index (χ0v) is 71.5. The number of carboxylic acid groups (broad SMARTS) is 1. The number of benzene rings is 6. The first kappa shape index (κ1) is 103. The van der Waals surface area contributed by atoms with Crippen molar-refractivity contribution >= 4 is 71.1 Å². The predicted molar refractivity (Wildman–Crippen MR) is 450 cm³/mol. The molecule has 0 radical (unpaired) electrons. The third-order valence-corrected chi connectivity index (χ3v) is 22.2. The summed E-state index contributed by atoms with van der Waals surface area (Å²) in [5.74, 6) is -12.9. The molecular formula is C90H96O48. The molecule has 30 atom stereocenters. The van der Waals surface area contributed by atoms with Crippen molar-refractivity contribution in [3.05, 3.63) is 174 Å². The number of carboxylic acids is 1. The van der Waals surface area contributed by atoms with E-state index in [9.17, 15) is 151 Å². The lowest BCUT2D eigenvalue weighted by Gasteiger charge is -2.40. The molecule has 0 bridgehead atoms. The number of aliphatic hydroxyl groups excluding tert-OH is 19. The largest absolute Gasteiger partial charge is 0.550 e. The molecule has 13 rings (SSSR count). The summed E-state index contributed by atoms with van der Waals surface area (Å²) >= 11 is 0. The number of rotatable bonds is 34. The average molecular weight is 1950 g/mol. The van der Waals surface area contributed by atoms with Crippen molar-refractivity contribution in [3.8, 4) is 68.8 Å². The lowest BCUT2D eigenvalue weighted by atomic mass is 9.99. The fourth-order valence-electron chi connectivity index (χ4n) is 14.5. The van der Waals surface area contributed by atoms with Crippen molar-refractivity contribution in [2.24, 2.45) is 0 Å². The lowest BCUT2D eigenvalue weighted by Crippen LogP contribution is -2.60. The van der Waals surface area contributed by atoms with Crippen LogP contribution in [0.1, 0.15) is 28.7 Å². The second-order valence-electron chi connectivity index (χ2n) is 32.0. The highest BCUT2D eigenvalue weighted by Crippen LogP contribution is 2.48. The maximum atomic E-state index is 13.4. The summed E-state index contributed by atoms with van der Waals surface area (Å²) in [6.07, 6.45) is -49.0. The Bertz CT molecular complexity index is 5400. The van der Waals surface area contributed by atoms with E-state index in [0.717, 1.165) is 54.6 Å². The number of carbonyl (C=O) groups is 6. The average Bonchev–Trinajstić information content (AvgIpc) is 0.756. The summed E-state index contributed by atoms with van der Waals surface area (Å²) in [6, 6.07) is 27.2. The first-order chi connectivity index (χ1) is 65.8. The van der Waals surface area contributed by atoms with Gasteiger partial charge in [-0.2, -0.15) is 0 Å². The number of fused-ring (bicyclic) bond motifs is 1. The Balaban J connectivity index is 0.674. The van der Waals surface area contributed by atoms with Crippen molar-refractivity contribution in [3.63, 3.8) is 0 Å². The van der Waals surface area contributed by atoms with Crippen LogP contribution in [0.5, 0.6) is 57.5 Å². The molecule has 1 aromatic heterocycles. The quantitative estimate of drug-likeness (QED) is 0.00587. The predicted octanol–water partition coefficient (Wildman–Crippen LogP) is -5.98. The van der Waals surface area contributed by atoms with Gasteiger partial charge in [0.15, 0.2) is 11.5 Å². The fourth-order valence-corrected chi connectivity index (χ4v) is 14.5. The summed E-state index contributed by atoms with van der Waals surface area (Å²) in [6.45, 7) is -4.80. The number of esters is 5. The van der Waals surface area contributed by atoms with Crippen LogP contribution in [0, 0.1) is 0 Å². The first-order valence-electron chi connectivity index (χ1n) is 42.1. The van der Waals surface area contributed by atoms with Crippen LogP contribution >= 0.6 is 0 Å². The Kier molecular flexibility index (Phi) is 34.2. The van der Waals surface area contributed by atoms with Gasteiger partial charge in [0.1, 0.15) is 219 Å². The fraction of sp³-hybridized carbons (Fsp3) is 0.411. The smallest absolute Gasteiger partial charge is 0.402 e. The van der Waals surface area contributed by atoms with Gasteiger partial charge in [0.25, 0.3) is 0 Å². The van der Waals surface area contributed by atoms with Crippen molar-refractivity contribution in [2.45, 2.75) is 191 Å². The number of aliphatic hydroxyl groups is 19. The summed E-state index contributed by atoms with van der Waals surface area (Å²) in [7, 11) is 0. The zero-order valence-electron chi connectivity index (χ0n) is 71.5. The molecule has 0 saturated carbocycles. The molecule has 7 heterocycles. The molecule has 6 aromatic carbocycles. The van der Waals surface area contributed by atoms with Gasteiger partial charge in [-0.25, -0.2) is 23.6 Å². The van der Waals surface area contributed by atoms with Crippen molar-refractivity contribution in [2.75, 3.05) is 39.6 Å². The number of ether oxygens (including phenoxy) is 17. The van der Waals surface area contributed by atoms with Crippen LogP contribution in [-0.4, -0.2) is 377 Å². The van der Waals surface area contributed by atoms with Crippen molar-refractivity contribution < 1.29 is 236 Å². The summed E-state index contributed by atoms with van der Waals surface area (Å²) in [5, 5.41) is 260. The molecule has 744 valence electrons. The molecule has 0 amide bonds. The zero-order chi connectivity index (χ0) is 99.4. The molecule has 6 aliphatic heterocycles. The van der Waals surface area contributed by atoms with E-state index in [2.05, 4.69) is 0 Å². The molecule has 6 aliphatic rings. The van der Waals surface area contributed by atoms with Crippen LogP contribution < -0.4 is 33.5 Å². The van der Waals surface area contributed by atoms with E-state index in [0.29, 0.717) is 16.7 Å². The minimum atomic E-state index is -2.32. The Labute approximate surface area is 777 Å². The SMILES string of the molecule is O=C([O-])CC(=O)OC[C@H]1O[C@@H](Oc2cc3c(O)cc(O)cc3[o+]c2-c2cc(O[C@@H]3O[C@H](COC(=O)/C=C/c4ccc(O[C@@H]5O[C@H](COC(=O)/C=C/c6ccc(O)cc6)[C@@H](O)[C@H](O)[C@H]5O)cc4)[C@@H](O)[C@H](O)[C@H]3O)c(O)c(O[C@@H]3O[C@H](COC(=O)/C=C/c4ccc(O[C@@H]5O[C@H](COC(=O)/C=C/c6ccc(O[C@@H]7O[C@H](CO)[C@@H](O)[C@H](O)[C@H]7O)cc6)[C@@H](O)[C@H](O)[C@H]5O)cc4)[C@@H](O)[C@H](O)[C@H]3O)c2)[C@H](O)[C@@H](O)[C@@H]1O. The second kappa shape index (κ2) is 45.9. The van der Waals surface area contributed by atoms with Gasteiger partial charge in [-0.3, -0.25) is 4.79 Å². The second-order valence-corrected chi connectivity index (χ2v) is 32.0. The van der Waals surface area contributed by atoms with Crippen LogP contribution in [0.3, 0.4) is 0 Å². The molecule has 48 nitrogen and oxygen atoms in total. The number of phenols is 4. The highest BCUT2D eigenvalue weighted by molar-refractivity contribution is 5.91. The van der Waals surface area contributed by atoms with Crippen LogP contribution in [0.25, 0.3) is 46.6 Å². The van der Waals surface area contributed by atoms with Crippen LogP contribution in [0.4, 0.5) is 0 Å². The number of phenolic OH excluding ortho intramolecular Hbond substituents is 4. The molecule has 0 spiro atoms. The number of aromatic hydroxyl groups is 4. The van der Waals surface area contributed by atoms with Gasteiger partial charge in [0.2, 0.25) is 49.2 Å².